The van der Waals surface area contributed by atoms with Crippen LogP contribution >= 0.6 is 0 Å². The molecule has 0 bridgehead atoms. The lowest BCUT2D eigenvalue weighted by Gasteiger charge is -2.19. The first-order valence-corrected chi connectivity index (χ1v) is 5.42. The number of hydrogen-bond donors (Lipinski definition) is 1. The molecule has 86 valence electrons. The third-order valence-electron chi connectivity index (χ3n) is 2.03. The maximum absolute atomic E-state index is 11.4. The monoisotopic (exact) mass is 209 g/mol. The standard InChI is InChI=1S/C13H23NO/c1-7-10(2)8-12(11(3)15)9-14-13(4,5)6/h8-9,14H,7H2,1-6H3/b10-8+,12-9+. The lowest BCUT2D eigenvalue weighted by Crippen LogP contribution is -2.31. The van der Waals surface area contributed by atoms with Crippen LogP contribution in [0.2, 0.25) is 0 Å². The topological polar surface area (TPSA) is 29.1 Å². The first-order chi connectivity index (χ1) is 6.76. The third-order valence-corrected chi connectivity index (χ3v) is 2.03. The molecule has 0 saturated carbocycles. The van der Waals surface area contributed by atoms with Crippen molar-refractivity contribution in [1.29, 1.82) is 0 Å². The fourth-order valence-electron chi connectivity index (χ4n) is 0.907. The predicted octanol–water partition coefficient (Wildman–Crippen LogP) is 3.20. The number of Topliss-reactive ketones (excluding diaryl/α,β-unsaturated/α-hetero) is 1. The summed E-state index contributed by atoms with van der Waals surface area (Å²) in [5.74, 6) is 0.0968. The predicted molar refractivity (Wildman–Crippen MR) is 65.7 cm³/mol. The SMILES string of the molecule is CC/C(C)=C/C(=C\NC(C)(C)C)C(C)=O. The molecule has 0 radical (unpaired) electrons. The van der Waals surface area contributed by atoms with Crippen LogP contribution in [0.15, 0.2) is 23.4 Å². The van der Waals surface area contributed by atoms with Gasteiger partial charge in [0.05, 0.1) is 0 Å². The van der Waals surface area contributed by atoms with Crippen molar-refractivity contribution in [2.45, 2.75) is 53.5 Å². The quantitative estimate of drug-likeness (QED) is 0.569. The van der Waals surface area contributed by atoms with Gasteiger partial charge in [0, 0.05) is 17.3 Å². The van der Waals surface area contributed by atoms with Crippen LogP contribution in [0.1, 0.15) is 48.0 Å². The molecule has 0 aliphatic heterocycles. The van der Waals surface area contributed by atoms with Gasteiger partial charge in [0.1, 0.15) is 0 Å². The van der Waals surface area contributed by atoms with Crippen molar-refractivity contribution in [3.63, 3.8) is 0 Å². The molecule has 0 fully saturated rings. The van der Waals surface area contributed by atoms with Crippen LogP contribution in [-0.4, -0.2) is 11.3 Å². The van der Waals surface area contributed by atoms with Crippen molar-refractivity contribution in [3.8, 4) is 0 Å². The molecule has 0 spiro atoms. The summed E-state index contributed by atoms with van der Waals surface area (Å²) in [6.07, 6.45) is 4.72. The Morgan fingerprint density at radius 1 is 1.27 bits per heavy atom. The van der Waals surface area contributed by atoms with E-state index in [0.717, 1.165) is 12.0 Å². The molecule has 0 aromatic rings. The average Bonchev–Trinajstić information content (AvgIpc) is 2.09. The fourth-order valence-corrected chi connectivity index (χ4v) is 0.907. The van der Waals surface area contributed by atoms with Gasteiger partial charge >= 0.3 is 0 Å². The Bertz CT molecular complexity index is 279. The van der Waals surface area contributed by atoms with Gasteiger partial charge in [0.15, 0.2) is 5.78 Å². The summed E-state index contributed by atoms with van der Waals surface area (Å²) in [5.41, 5.74) is 1.95. The Morgan fingerprint density at radius 3 is 2.13 bits per heavy atom. The van der Waals surface area contributed by atoms with Crippen molar-refractivity contribution in [2.24, 2.45) is 0 Å². The molecule has 0 aromatic carbocycles. The number of carbonyl (C=O) groups excluding carboxylic acids is 1. The average molecular weight is 209 g/mol. The Morgan fingerprint density at radius 2 is 1.80 bits per heavy atom. The summed E-state index contributed by atoms with van der Waals surface area (Å²) in [6.45, 7) is 11.9. The summed E-state index contributed by atoms with van der Waals surface area (Å²) < 4.78 is 0. The normalized spacial score (nSPS) is 14.0. The van der Waals surface area contributed by atoms with Gasteiger partial charge in [-0.1, -0.05) is 18.6 Å². The van der Waals surface area contributed by atoms with Gasteiger partial charge in [-0.3, -0.25) is 4.79 Å². The minimum Gasteiger partial charge on any atom is -0.386 e. The first-order valence-electron chi connectivity index (χ1n) is 5.42. The maximum Gasteiger partial charge on any atom is 0.161 e. The van der Waals surface area contributed by atoms with Crippen molar-refractivity contribution < 1.29 is 4.79 Å². The second-order valence-electron chi connectivity index (χ2n) is 4.89. The lowest BCUT2D eigenvalue weighted by molar-refractivity contribution is -0.113. The molecule has 2 heteroatoms. The molecule has 2 nitrogen and oxygen atoms in total. The molecule has 0 saturated heterocycles. The highest BCUT2D eigenvalue weighted by molar-refractivity contribution is 5.96. The minimum atomic E-state index is -0.00530. The van der Waals surface area contributed by atoms with Crippen LogP contribution in [0.5, 0.6) is 0 Å². The zero-order chi connectivity index (χ0) is 12.1. The molecular weight excluding hydrogens is 186 g/mol. The van der Waals surface area contributed by atoms with Crippen molar-refractivity contribution in [2.75, 3.05) is 0 Å². The van der Waals surface area contributed by atoms with E-state index < -0.39 is 0 Å². The van der Waals surface area contributed by atoms with Gasteiger partial charge in [-0.05, 0) is 41.0 Å². The molecule has 0 aliphatic carbocycles. The second kappa shape index (κ2) is 5.74. The van der Waals surface area contributed by atoms with E-state index >= 15 is 0 Å². The Balaban J connectivity index is 4.76. The Hall–Kier alpha value is -1.05. The van der Waals surface area contributed by atoms with Crippen LogP contribution in [0, 0.1) is 0 Å². The van der Waals surface area contributed by atoms with Gasteiger partial charge in [-0.2, -0.15) is 0 Å². The highest BCUT2D eigenvalue weighted by atomic mass is 16.1. The Labute approximate surface area is 93.5 Å². The van der Waals surface area contributed by atoms with Gasteiger partial charge in [0.25, 0.3) is 0 Å². The van der Waals surface area contributed by atoms with Gasteiger partial charge in [-0.25, -0.2) is 0 Å². The highest BCUT2D eigenvalue weighted by Gasteiger charge is 2.07. The van der Waals surface area contributed by atoms with E-state index in [-0.39, 0.29) is 11.3 Å². The molecule has 0 aliphatic rings. The molecular formula is C13H23NO. The first kappa shape index (κ1) is 13.9. The largest absolute Gasteiger partial charge is 0.386 e. The number of carbonyl (C=O) groups is 1. The molecule has 1 N–H and O–H groups in total. The zero-order valence-electron chi connectivity index (χ0n) is 10.8. The van der Waals surface area contributed by atoms with Crippen LogP contribution in [-0.2, 0) is 4.79 Å². The molecule has 0 atom stereocenters. The third kappa shape index (κ3) is 6.95. The van der Waals surface area contributed by atoms with E-state index in [9.17, 15) is 4.79 Å². The van der Waals surface area contributed by atoms with E-state index in [2.05, 4.69) is 33.0 Å². The van der Waals surface area contributed by atoms with Gasteiger partial charge < -0.3 is 5.32 Å². The summed E-state index contributed by atoms with van der Waals surface area (Å²) in [4.78, 5) is 11.4. The van der Waals surface area contributed by atoms with Crippen LogP contribution in [0.25, 0.3) is 0 Å². The summed E-state index contributed by atoms with van der Waals surface area (Å²) in [5, 5.41) is 3.21. The maximum atomic E-state index is 11.4. The van der Waals surface area contributed by atoms with E-state index in [1.165, 1.54) is 5.57 Å². The molecule has 15 heavy (non-hydrogen) atoms. The van der Waals surface area contributed by atoms with E-state index in [4.69, 9.17) is 0 Å². The smallest absolute Gasteiger partial charge is 0.161 e. The molecule has 0 aromatic heterocycles. The van der Waals surface area contributed by atoms with Crippen molar-refractivity contribution >= 4 is 5.78 Å². The molecule has 0 rings (SSSR count). The van der Waals surface area contributed by atoms with E-state index in [1.54, 1.807) is 6.92 Å². The minimum absolute atomic E-state index is 0.00530. The summed E-state index contributed by atoms with van der Waals surface area (Å²) in [6, 6.07) is 0. The highest BCUT2D eigenvalue weighted by Crippen LogP contribution is 2.07. The number of nitrogens with one attached hydrogen (secondary N) is 1. The zero-order valence-corrected chi connectivity index (χ0v) is 10.8. The molecule has 0 unspecified atom stereocenters. The van der Waals surface area contributed by atoms with Crippen LogP contribution < -0.4 is 5.32 Å². The van der Waals surface area contributed by atoms with Gasteiger partial charge in [0.2, 0.25) is 0 Å². The number of hydrogen-bond acceptors (Lipinski definition) is 2. The molecule has 0 heterocycles. The van der Waals surface area contributed by atoms with Gasteiger partial charge in [-0.15, -0.1) is 0 Å². The molecule has 0 amide bonds. The second-order valence-corrected chi connectivity index (χ2v) is 4.89. The van der Waals surface area contributed by atoms with E-state index in [0.29, 0.717) is 0 Å². The van der Waals surface area contributed by atoms with Crippen LogP contribution in [0.4, 0.5) is 0 Å². The van der Waals surface area contributed by atoms with Crippen LogP contribution in [0.3, 0.4) is 0 Å². The van der Waals surface area contributed by atoms with E-state index in [1.807, 2.05) is 19.2 Å². The summed E-state index contributed by atoms with van der Waals surface area (Å²) >= 11 is 0. The Kier molecular flexibility index (Phi) is 5.34. The number of ketones is 1. The number of allylic oxidation sites excluding steroid dienone is 3. The fraction of sp³-hybridized carbons (Fsp3) is 0.615. The lowest BCUT2D eigenvalue weighted by atomic mass is 10.1. The van der Waals surface area contributed by atoms with Crippen molar-refractivity contribution in [3.05, 3.63) is 23.4 Å². The number of rotatable bonds is 4. The summed E-state index contributed by atoms with van der Waals surface area (Å²) in [7, 11) is 0. The van der Waals surface area contributed by atoms with Crippen molar-refractivity contribution in [1.82, 2.24) is 5.32 Å².